The van der Waals surface area contributed by atoms with Crippen LogP contribution in [0.2, 0.25) is 0 Å². The molecule has 2 N–H and O–H groups in total. The van der Waals surface area contributed by atoms with Crippen molar-refractivity contribution >= 4 is 38.7 Å². The number of Topliss-reactive ketones (excluding diaryl/α,β-unsaturated/α-hetero) is 1. The van der Waals surface area contributed by atoms with E-state index < -0.39 is 10.0 Å². The summed E-state index contributed by atoms with van der Waals surface area (Å²) in [6.07, 6.45) is 2.95. The molecule has 8 heteroatoms. The third-order valence-electron chi connectivity index (χ3n) is 5.43. The minimum absolute atomic E-state index is 0.0501. The molecule has 2 aromatic carbocycles. The summed E-state index contributed by atoms with van der Waals surface area (Å²) in [6.45, 7) is 0.125. The van der Waals surface area contributed by atoms with Crippen LogP contribution in [0.5, 0.6) is 0 Å². The number of hydrogen-bond acceptors (Lipinski definition) is 5. The molecule has 3 aromatic rings. The zero-order valence-electron chi connectivity index (χ0n) is 17.5. The van der Waals surface area contributed by atoms with Crippen LogP contribution in [-0.2, 0) is 34.2 Å². The zero-order valence-corrected chi connectivity index (χ0v) is 19.1. The van der Waals surface area contributed by atoms with E-state index >= 15 is 0 Å². The molecule has 0 spiro atoms. The highest BCUT2D eigenvalue weighted by atomic mass is 32.2. The maximum absolute atomic E-state index is 12.8. The number of hydrogen-bond donors (Lipinski definition) is 2. The minimum Gasteiger partial charge on any atom is -0.326 e. The van der Waals surface area contributed by atoms with Crippen LogP contribution in [0, 0.1) is 0 Å². The van der Waals surface area contributed by atoms with Gasteiger partial charge in [-0.05, 0) is 60.0 Å². The number of thiophene rings is 1. The van der Waals surface area contributed by atoms with Crippen LogP contribution in [0.1, 0.15) is 45.6 Å². The lowest BCUT2D eigenvalue weighted by Gasteiger charge is -2.11. The van der Waals surface area contributed by atoms with Gasteiger partial charge in [-0.15, -0.1) is 11.3 Å². The summed E-state index contributed by atoms with van der Waals surface area (Å²) in [5, 5.41) is 4.81. The molecule has 0 unspecified atom stereocenters. The van der Waals surface area contributed by atoms with E-state index in [4.69, 9.17) is 0 Å². The van der Waals surface area contributed by atoms with Crippen molar-refractivity contribution in [2.24, 2.45) is 0 Å². The highest BCUT2D eigenvalue weighted by Gasteiger charge is 2.19. The van der Waals surface area contributed by atoms with Gasteiger partial charge in [0.15, 0.2) is 5.78 Å². The van der Waals surface area contributed by atoms with Crippen LogP contribution in [0.25, 0.3) is 0 Å². The quantitative estimate of drug-likeness (QED) is 0.482. The Morgan fingerprint density at radius 1 is 1.06 bits per heavy atom. The van der Waals surface area contributed by atoms with Gasteiger partial charge >= 0.3 is 0 Å². The van der Waals surface area contributed by atoms with Crippen molar-refractivity contribution in [1.29, 1.82) is 0 Å². The first-order valence-corrected chi connectivity index (χ1v) is 12.8. The summed E-state index contributed by atoms with van der Waals surface area (Å²) in [5.74, 6) is 0.0218. The monoisotopic (exact) mass is 468 g/mol. The van der Waals surface area contributed by atoms with Gasteiger partial charge in [-0.25, -0.2) is 13.1 Å². The van der Waals surface area contributed by atoms with Crippen LogP contribution in [0.4, 0.5) is 5.69 Å². The van der Waals surface area contributed by atoms with Crippen LogP contribution >= 0.6 is 11.3 Å². The molecule has 0 saturated heterocycles. The number of amides is 1. The maximum atomic E-state index is 12.8. The first-order valence-electron chi connectivity index (χ1n) is 10.5. The molecular weight excluding hydrogens is 444 g/mol. The SMILES string of the molecule is O=C1CCCc2cc(S(=O)(=O)NCc3ccc(C(=O)CCc4cccs4)cc3)ccc2N1. The van der Waals surface area contributed by atoms with Crippen molar-refractivity contribution in [3.63, 3.8) is 0 Å². The van der Waals surface area contributed by atoms with Gasteiger partial charge in [-0.3, -0.25) is 9.59 Å². The van der Waals surface area contributed by atoms with Crippen molar-refractivity contribution in [2.75, 3.05) is 5.32 Å². The van der Waals surface area contributed by atoms with Crippen LogP contribution in [0.15, 0.2) is 64.9 Å². The molecule has 0 aliphatic carbocycles. The number of benzene rings is 2. The van der Waals surface area contributed by atoms with E-state index in [0.717, 1.165) is 17.5 Å². The van der Waals surface area contributed by atoms with Crippen LogP contribution in [-0.4, -0.2) is 20.1 Å². The molecule has 1 aliphatic heterocycles. The molecule has 0 radical (unpaired) electrons. The molecular formula is C24H24N2O4S2. The van der Waals surface area contributed by atoms with Gasteiger partial charge in [0.1, 0.15) is 0 Å². The number of anilines is 1. The highest BCUT2D eigenvalue weighted by molar-refractivity contribution is 7.89. The Hall–Kier alpha value is -2.81. The van der Waals surface area contributed by atoms with E-state index in [0.29, 0.717) is 36.9 Å². The van der Waals surface area contributed by atoms with Gasteiger partial charge in [-0.1, -0.05) is 30.3 Å². The van der Waals surface area contributed by atoms with E-state index in [1.54, 1.807) is 47.7 Å². The number of nitrogens with one attached hydrogen (secondary N) is 2. The standard InChI is InChI=1S/C24H24N2O4S2/c27-23(13-10-20-4-2-14-31-20)18-8-6-17(7-9-18)16-25-32(29,30)21-11-12-22-19(15-21)3-1-5-24(28)26-22/h2,4,6-9,11-12,14-15,25H,1,3,5,10,13,16H2,(H,26,28). The fourth-order valence-electron chi connectivity index (χ4n) is 3.62. The average Bonchev–Trinajstić information content (AvgIpc) is 3.24. The molecule has 1 aliphatic rings. The summed E-state index contributed by atoms with van der Waals surface area (Å²) < 4.78 is 28.1. The Kier molecular flexibility index (Phi) is 6.83. The minimum atomic E-state index is -3.71. The fourth-order valence-corrected chi connectivity index (χ4v) is 5.40. The summed E-state index contributed by atoms with van der Waals surface area (Å²) in [6, 6.07) is 15.8. The van der Waals surface area contributed by atoms with E-state index in [2.05, 4.69) is 10.0 Å². The molecule has 4 rings (SSSR count). The van der Waals surface area contributed by atoms with Crippen molar-refractivity contribution in [2.45, 2.75) is 43.5 Å². The number of ketones is 1. The van der Waals surface area contributed by atoms with Crippen molar-refractivity contribution in [3.05, 3.63) is 81.5 Å². The normalized spacial score (nSPS) is 13.8. The predicted octanol–water partition coefficient (Wildman–Crippen LogP) is 4.32. The molecule has 0 fully saturated rings. The molecule has 32 heavy (non-hydrogen) atoms. The lowest BCUT2D eigenvalue weighted by atomic mass is 10.0. The van der Waals surface area contributed by atoms with Gasteiger partial charge in [-0.2, -0.15) is 0 Å². The second-order valence-corrected chi connectivity index (χ2v) is 10.5. The Morgan fingerprint density at radius 3 is 2.62 bits per heavy atom. The van der Waals surface area contributed by atoms with E-state index in [9.17, 15) is 18.0 Å². The van der Waals surface area contributed by atoms with E-state index in [1.807, 2.05) is 17.5 Å². The predicted molar refractivity (Wildman–Crippen MR) is 125 cm³/mol. The van der Waals surface area contributed by atoms with Crippen molar-refractivity contribution in [1.82, 2.24) is 4.72 Å². The average molecular weight is 469 g/mol. The first kappa shape index (κ1) is 22.4. The molecule has 166 valence electrons. The Morgan fingerprint density at radius 2 is 1.88 bits per heavy atom. The van der Waals surface area contributed by atoms with Crippen molar-refractivity contribution in [3.8, 4) is 0 Å². The molecule has 1 amide bonds. The number of aryl methyl sites for hydroxylation is 2. The lowest BCUT2D eigenvalue weighted by Crippen LogP contribution is -2.23. The third-order valence-corrected chi connectivity index (χ3v) is 7.77. The topological polar surface area (TPSA) is 92.3 Å². The molecule has 0 atom stereocenters. The van der Waals surface area contributed by atoms with Crippen molar-refractivity contribution < 1.29 is 18.0 Å². The summed E-state index contributed by atoms with van der Waals surface area (Å²) >= 11 is 1.64. The second-order valence-electron chi connectivity index (χ2n) is 7.74. The van der Waals surface area contributed by atoms with Gasteiger partial charge in [0.2, 0.25) is 15.9 Å². The molecule has 6 nitrogen and oxygen atoms in total. The third kappa shape index (κ3) is 5.51. The van der Waals surface area contributed by atoms with E-state index in [1.165, 1.54) is 10.9 Å². The van der Waals surface area contributed by atoms with Gasteiger partial charge < -0.3 is 5.32 Å². The Balaban J connectivity index is 1.37. The molecule has 2 heterocycles. The zero-order chi connectivity index (χ0) is 22.6. The second kappa shape index (κ2) is 9.77. The maximum Gasteiger partial charge on any atom is 0.240 e. The number of sulfonamides is 1. The number of carbonyl (C=O) groups is 2. The number of fused-ring (bicyclic) bond motifs is 1. The van der Waals surface area contributed by atoms with Gasteiger partial charge in [0, 0.05) is 35.5 Å². The number of rotatable bonds is 8. The Labute approximate surface area is 191 Å². The summed E-state index contributed by atoms with van der Waals surface area (Å²) in [7, 11) is -3.71. The van der Waals surface area contributed by atoms with Gasteiger partial charge in [0.05, 0.1) is 4.90 Å². The summed E-state index contributed by atoms with van der Waals surface area (Å²) in [5.41, 5.74) is 2.89. The van der Waals surface area contributed by atoms with Crippen LogP contribution in [0.3, 0.4) is 0 Å². The smallest absolute Gasteiger partial charge is 0.240 e. The van der Waals surface area contributed by atoms with E-state index in [-0.39, 0.29) is 23.1 Å². The highest BCUT2D eigenvalue weighted by Crippen LogP contribution is 2.25. The lowest BCUT2D eigenvalue weighted by molar-refractivity contribution is -0.116. The fraction of sp³-hybridized carbons (Fsp3) is 0.250. The van der Waals surface area contributed by atoms with Crippen LogP contribution < -0.4 is 10.0 Å². The largest absolute Gasteiger partial charge is 0.326 e. The van der Waals surface area contributed by atoms with Gasteiger partial charge in [0.25, 0.3) is 0 Å². The molecule has 0 bridgehead atoms. The molecule has 0 saturated carbocycles. The molecule has 1 aromatic heterocycles. The Bertz CT molecular complexity index is 1220. The summed E-state index contributed by atoms with van der Waals surface area (Å²) in [4.78, 5) is 25.4. The number of carbonyl (C=O) groups excluding carboxylic acids is 2. The first-order chi connectivity index (χ1) is 15.4.